The van der Waals surface area contributed by atoms with Gasteiger partial charge in [-0.1, -0.05) is 0 Å². The molecule has 124 valence electrons. The Balaban J connectivity index is 2.41. The van der Waals surface area contributed by atoms with E-state index >= 15 is 0 Å². The molecule has 1 aliphatic heterocycles. The smallest absolute Gasteiger partial charge is 0.410 e. The molecule has 0 aromatic rings. The van der Waals surface area contributed by atoms with Gasteiger partial charge in [0.1, 0.15) is 5.60 Å². The Labute approximate surface area is 129 Å². The highest BCUT2D eigenvalue weighted by Gasteiger charge is 2.32. The molecule has 1 rings (SSSR count). The predicted octanol–water partition coefficient (Wildman–Crippen LogP) is 2.79. The lowest BCUT2D eigenvalue weighted by atomic mass is 9.98. The second-order valence-corrected chi connectivity index (χ2v) is 6.97. The zero-order chi connectivity index (χ0) is 16.0. The van der Waals surface area contributed by atoms with E-state index in [4.69, 9.17) is 9.47 Å². The lowest BCUT2D eigenvalue weighted by Crippen LogP contribution is -2.52. The molecule has 3 unspecified atom stereocenters. The molecule has 1 heterocycles. The van der Waals surface area contributed by atoms with E-state index in [0.717, 1.165) is 32.6 Å². The first-order valence-electron chi connectivity index (χ1n) is 8.06. The van der Waals surface area contributed by atoms with Crippen molar-refractivity contribution in [3.05, 3.63) is 0 Å². The van der Waals surface area contributed by atoms with Crippen molar-refractivity contribution in [2.45, 2.75) is 78.1 Å². The van der Waals surface area contributed by atoms with E-state index in [0.29, 0.717) is 12.1 Å². The maximum atomic E-state index is 12.2. The normalized spacial score (nSPS) is 24.8. The fourth-order valence-electron chi connectivity index (χ4n) is 2.66. The second-order valence-electron chi connectivity index (χ2n) is 6.97. The Morgan fingerprint density at radius 1 is 1.43 bits per heavy atom. The Morgan fingerprint density at radius 2 is 2.10 bits per heavy atom. The molecule has 1 aliphatic rings. The first kappa shape index (κ1) is 18.2. The van der Waals surface area contributed by atoms with E-state index in [2.05, 4.69) is 19.2 Å². The van der Waals surface area contributed by atoms with Gasteiger partial charge in [0.05, 0.1) is 6.61 Å². The van der Waals surface area contributed by atoms with Crippen molar-refractivity contribution in [3.8, 4) is 0 Å². The summed E-state index contributed by atoms with van der Waals surface area (Å²) in [7, 11) is 0. The summed E-state index contributed by atoms with van der Waals surface area (Å²) in [5.74, 6) is 0. The Kier molecular flexibility index (Phi) is 6.94. The number of nitrogens with zero attached hydrogens (tertiary/aromatic N) is 1. The second kappa shape index (κ2) is 7.99. The van der Waals surface area contributed by atoms with Gasteiger partial charge >= 0.3 is 6.09 Å². The highest BCUT2D eigenvalue weighted by Crippen LogP contribution is 2.20. The number of rotatable bonds is 5. The number of piperidine rings is 1. The van der Waals surface area contributed by atoms with Crippen molar-refractivity contribution in [1.82, 2.24) is 10.2 Å². The molecule has 0 bridgehead atoms. The molecule has 3 atom stereocenters. The standard InChI is InChI=1S/C16H32N2O3/c1-7-20-11-12(2)17-14-8-9-18(13(3)10-14)15(19)21-16(4,5)6/h12-14,17H,7-11H2,1-6H3. The zero-order valence-corrected chi connectivity index (χ0v) is 14.4. The van der Waals surface area contributed by atoms with Gasteiger partial charge in [0, 0.05) is 31.3 Å². The van der Waals surface area contributed by atoms with E-state index in [1.807, 2.05) is 32.6 Å². The van der Waals surface area contributed by atoms with Crippen LogP contribution in [-0.2, 0) is 9.47 Å². The molecular weight excluding hydrogens is 268 g/mol. The molecule has 0 saturated carbocycles. The molecule has 5 nitrogen and oxygen atoms in total. The number of carbonyl (C=O) groups excluding carboxylic acids is 1. The van der Waals surface area contributed by atoms with Crippen molar-refractivity contribution in [1.29, 1.82) is 0 Å². The van der Waals surface area contributed by atoms with Crippen molar-refractivity contribution < 1.29 is 14.3 Å². The van der Waals surface area contributed by atoms with Crippen LogP contribution in [0.1, 0.15) is 54.4 Å². The van der Waals surface area contributed by atoms with Crippen LogP contribution in [0.15, 0.2) is 0 Å². The molecule has 1 saturated heterocycles. The van der Waals surface area contributed by atoms with Crippen molar-refractivity contribution in [2.24, 2.45) is 0 Å². The maximum absolute atomic E-state index is 12.2. The number of ether oxygens (including phenoxy) is 2. The van der Waals surface area contributed by atoms with Gasteiger partial charge in [-0.3, -0.25) is 0 Å². The van der Waals surface area contributed by atoms with Gasteiger partial charge in [0.15, 0.2) is 0 Å². The fraction of sp³-hybridized carbons (Fsp3) is 0.938. The average Bonchev–Trinajstić information content (AvgIpc) is 2.34. The molecule has 0 aromatic heterocycles. The summed E-state index contributed by atoms with van der Waals surface area (Å²) >= 11 is 0. The fourth-order valence-corrected chi connectivity index (χ4v) is 2.66. The summed E-state index contributed by atoms with van der Waals surface area (Å²) < 4.78 is 10.9. The molecular formula is C16H32N2O3. The summed E-state index contributed by atoms with van der Waals surface area (Å²) in [6.07, 6.45) is 1.71. The molecule has 0 aliphatic carbocycles. The predicted molar refractivity (Wildman–Crippen MR) is 84.5 cm³/mol. The Hall–Kier alpha value is -0.810. The number of hydrogen-bond donors (Lipinski definition) is 1. The van der Waals surface area contributed by atoms with Crippen LogP contribution in [0.25, 0.3) is 0 Å². The maximum Gasteiger partial charge on any atom is 0.410 e. The average molecular weight is 300 g/mol. The molecule has 0 spiro atoms. The zero-order valence-electron chi connectivity index (χ0n) is 14.4. The summed E-state index contributed by atoms with van der Waals surface area (Å²) in [6, 6.07) is 0.981. The van der Waals surface area contributed by atoms with Crippen LogP contribution >= 0.6 is 0 Å². The summed E-state index contributed by atoms with van der Waals surface area (Å²) in [4.78, 5) is 14.0. The SMILES string of the molecule is CCOCC(C)NC1CCN(C(=O)OC(C)(C)C)C(C)C1. The molecule has 0 radical (unpaired) electrons. The molecule has 1 amide bonds. The van der Waals surface area contributed by atoms with Crippen LogP contribution in [0, 0.1) is 0 Å². The Morgan fingerprint density at radius 3 is 2.62 bits per heavy atom. The quantitative estimate of drug-likeness (QED) is 0.848. The largest absolute Gasteiger partial charge is 0.444 e. The van der Waals surface area contributed by atoms with Gasteiger partial charge in [0.25, 0.3) is 0 Å². The van der Waals surface area contributed by atoms with E-state index in [1.165, 1.54) is 0 Å². The molecule has 1 N–H and O–H groups in total. The van der Waals surface area contributed by atoms with Crippen LogP contribution in [0.2, 0.25) is 0 Å². The third-order valence-corrected chi connectivity index (χ3v) is 3.60. The minimum atomic E-state index is -0.433. The molecule has 1 fully saturated rings. The third kappa shape index (κ3) is 6.66. The van der Waals surface area contributed by atoms with Gasteiger partial charge in [-0.05, 0) is 54.4 Å². The van der Waals surface area contributed by atoms with Gasteiger partial charge in [-0.25, -0.2) is 4.79 Å². The topological polar surface area (TPSA) is 50.8 Å². The third-order valence-electron chi connectivity index (χ3n) is 3.60. The van der Waals surface area contributed by atoms with Crippen LogP contribution in [0.4, 0.5) is 4.79 Å². The molecule has 0 aromatic carbocycles. The van der Waals surface area contributed by atoms with E-state index < -0.39 is 5.60 Å². The highest BCUT2D eigenvalue weighted by atomic mass is 16.6. The first-order chi connectivity index (χ1) is 9.73. The molecule has 5 heteroatoms. The van der Waals surface area contributed by atoms with Crippen LogP contribution in [0.3, 0.4) is 0 Å². The lowest BCUT2D eigenvalue weighted by Gasteiger charge is -2.39. The van der Waals surface area contributed by atoms with Crippen molar-refractivity contribution >= 4 is 6.09 Å². The Bertz CT molecular complexity index is 328. The van der Waals surface area contributed by atoms with Crippen LogP contribution < -0.4 is 5.32 Å². The summed E-state index contributed by atoms with van der Waals surface area (Å²) in [6.45, 7) is 14.2. The minimum Gasteiger partial charge on any atom is -0.444 e. The van der Waals surface area contributed by atoms with E-state index in [-0.39, 0.29) is 12.1 Å². The lowest BCUT2D eigenvalue weighted by molar-refractivity contribution is 0.00843. The van der Waals surface area contributed by atoms with E-state index in [1.54, 1.807) is 0 Å². The van der Waals surface area contributed by atoms with Crippen LogP contribution in [0.5, 0.6) is 0 Å². The highest BCUT2D eigenvalue weighted by molar-refractivity contribution is 5.68. The van der Waals surface area contributed by atoms with Gasteiger partial charge in [0.2, 0.25) is 0 Å². The monoisotopic (exact) mass is 300 g/mol. The first-order valence-corrected chi connectivity index (χ1v) is 8.06. The van der Waals surface area contributed by atoms with E-state index in [9.17, 15) is 4.79 Å². The number of nitrogens with one attached hydrogen (secondary N) is 1. The van der Waals surface area contributed by atoms with Crippen LogP contribution in [-0.4, -0.2) is 54.5 Å². The van der Waals surface area contributed by atoms with Gasteiger partial charge in [-0.2, -0.15) is 0 Å². The van der Waals surface area contributed by atoms with Crippen molar-refractivity contribution in [2.75, 3.05) is 19.8 Å². The van der Waals surface area contributed by atoms with Crippen molar-refractivity contribution in [3.63, 3.8) is 0 Å². The summed E-state index contributed by atoms with van der Waals surface area (Å²) in [5, 5.41) is 3.59. The van der Waals surface area contributed by atoms with Gasteiger partial charge < -0.3 is 19.7 Å². The number of likely N-dealkylation sites (tertiary alicyclic amines) is 1. The number of hydrogen-bond acceptors (Lipinski definition) is 4. The molecule has 21 heavy (non-hydrogen) atoms. The number of amides is 1. The van der Waals surface area contributed by atoms with Gasteiger partial charge in [-0.15, -0.1) is 0 Å². The minimum absolute atomic E-state index is 0.198. The number of carbonyl (C=O) groups is 1. The summed E-state index contributed by atoms with van der Waals surface area (Å²) in [5.41, 5.74) is -0.433.